The molecule has 2 heterocycles. The highest BCUT2D eigenvalue weighted by Gasteiger charge is 2.13. The maximum atomic E-state index is 12.0. The first-order valence-electron chi connectivity index (χ1n) is 7.63. The third kappa shape index (κ3) is 3.45. The molecule has 0 bridgehead atoms. The average Bonchev–Trinajstić information content (AvgIpc) is 3.00. The third-order valence-electron chi connectivity index (χ3n) is 3.41. The molecule has 23 heavy (non-hydrogen) atoms. The lowest BCUT2D eigenvalue weighted by Crippen LogP contribution is -2.14. The van der Waals surface area contributed by atoms with Gasteiger partial charge in [0.15, 0.2) is 0 Å². The van der Waals surface area contributed by atoms with Crippen LogP contribution in [-0.4, -0.2) is 20.7 Å². The quantitative estimate of drug-likeness (QED) is 0.782. The van der Waals surface area contributed by atoms with Crippen LogP contribution in [0.1, 0.15) is 19.8 Å². The van der Waals surface area contributed by atoms with Crippen molar-refractivity contribution in [2.24, 2.45) is 0 Å². The Hall–Kier alpha value is -2.95. The van der Waals surface area contributed by atoms with Gasteiger partial charge in [0.2, 0.25) is 5.91 Å². The molecule has 0 spiro atoms. The Morgan fingerprint density at radius 2 is 2.00 bits per heavy atom. The van der Waals surface area contributed by atoms with Crippen LogP contribution in [0.25, 0.3) is 16.9 Å². The highest BCUT2D eigenvalue weighted by atomic mass is 16.1. The minimum Gasteiger partial charge on any atom is -0.311 e. The predicted octanol–water partition coefficient (Wildman–Crippen LogP) is 3.67. The highest BCUT2D eigenvalue weighted by Crippen LogP contribution is 2.24. The molecule has 0 atom stereocenters. The smallest absolute Gasteiger partial charge is 0.225 e. The van der Waals surface area contributed by atoms with Crippen LogP contribution in [0.5, 0.6) is 0 Å². The maximum Gasteiger partial charge on any atom is 0.225 e. The molecule has 0 aliphatic heterocycles. The van der Waals surface area contributed by atoms with Crippen molar-refractivity contribution >= 4 is 11.7 Å². The molecule has 0 saturated carbocycles. The van der Waals surface area contributed by atoms with Crippen molar-refractivity contribution in [3.63, 3.8) is 0 Å². The average molecular weight is 306 g/mol. The van der Waals surface area contributed by atoms with E-state index in [1.54, 1.807) is 17.1 Å². The van der Waals surface area contributed by atoms with Crippen LogP contribution in [0.15, 0.2) is 60.9 Å². The molecule has 0 unspecified atom stereocenters. The van der Waals surface area contributed by atoms with Gasteiger partial charge in [-0.15, -0.1) is 0 Å². The van der Waals surface area contributed by atoms with Crippen molar-refractivity contribution in [1.29, 1.82) is 0 Å². The summed E-state index contributed by atoms with van der Waals surface area (Å²) < 4.78 is 1.75. The molecule has 5 heteroatoms. The van der Waals surface area contributed by atoms with Gasteiger partial charge in [-0.1, -0.05) is 25.1 Å². The fourth-order valence-electron chi connectivity index (χ4n) is 2.32. The van der Waals surface area contributed by atoms with Gasteiger partial charge in [-0.25, -0.2) is 4.68 Å². The molecule has 0 saturated heterocycles. The molecular weight excluding hydrogens is 288 g/mol. The number of anilines is 1. The van der Waals surface area contributed by atoms with Gasteiger partial charge in [0.1, 0.15) is 5.82 Å². The van der Waals surface area contributed by atoms with Crippen LogP contribution in [0.3, 0.4) is 0 Å². The Labute approximate surface area is 135 Å². The van der Waals surface area contributed by atoms with E-state index >= 15 is 0 Å². The molecule has 0 aliphatic carbocycles. The van der Waals surface area contributed by atoms with E-state index in [1.165, 1.54) is 0 Å². The van der Waals surface area contributed by atoms with Gasteiger partial charge in [-0.2, -0.15) is 5.10 Å². The zero-order chi connectivity index (χ0) is 16.1. The lowest BCUT2D eigenvalue weighted by atomic mass is 10.2. The van der Waals surface area contributed by atoms with Crippen LogP contribution in [0.2, 0.25) is 0 Å². The van der Waals surface area contributed by atoms with Crippen molar-refractivity contribution in [1.82, 2.24) is 14.8 Å². The minimum absolute atomic E-state index is 0.0117. The molecule has 1 amide bonds. The van der Waals surface area contributed by atoms with Crippen LogP contribution >= 0.6 is 0 Å². The number of para-hydroxylation sites is 1. The zero-order valence-electron chi connectivity index (χ0n) is 12.9. The van der Waals surface area contributed by atoms with Gasteiger partial charge in [0.05, 0.1) is 11.4 Å². The number of nitrogens with one attached hydrogen (secondary N) is 1. The lowest BCUT2D eigenvalue weighted by Gasteiger charge is -2.08. The molecule has 1 N–H and O–H groups in total. The molecule has 0 aliphatic rings. The van der Waals surface area contributed by atoms with Gasteiger partial charge in [0.25, 0.3) is 0 Å². The van der Waals surface area contributed by atoms with E-state index in [2.05, 4.69) is 15.4 Å². The van der Waals surface area contributed by atoms with E-state index in [9.17, 15) is 4.79 Å². The van der Waals surface area contributed by atoms with E-state index in [0.29, 0.717) is 12.2 Å². The fourth-order valence-corrected chi connectivity index (χ4v) is 2.32. The first-order valence-corrected chi connectivity index (χ1v) is 7.63. The van der Waals surface area contributed by atoms with Gasteiger partial charge in [0, 0.05) is 30.4 Å². The van der Waals surface area contributed by atoms with Gasteiger partial charge in [-0.05, 0) is 30.7 Å². The summed E-state index contributed by atoms with van der Waals surface area (Å²) in [5, 5.41) is 7.57. The molecule has 116 valence electrons. The summed E-state index contributed by atoms with van der Waals surface area (Å²) in [7, 11) is 0. The summed E-state index contributed by atoms with van der Waals surface area (Å²) in [6, 6.07) is 15.4. The van der Waals surface area contributed by atoms with Crippen LogP contribution in [-0.2, 0) is 4.79 Å². The number of nitrogens with zero attached hydrogens (tertiary/aromatic N) is 3. The number of pyridine rings is 1. The molecule has 0 radical (unpaired) electrons. The minimum atomic E-state index is -0.0117. The summed E-state index contributed by atoms with van der Waals surface area (Å²) in [4.78, 5) is 16.1. The first kappa shape index (κ1) is 15.0. The van der Waals surface area contributed by atoms with Gasteiger partial charge in [-0.3, -0.25) is 9.78 Å². The van der Waals surface area contributed by atoms with Crippen molar-refractivity contribution < 1.29 is 4.79 Å². The van der Waals surface area contributed by atoms with Crippen LogP contribution in [0, 0.1) is 0 Å². The van der Waals surface area contributed by atoms with Crippen LogP contribution < -0.4 is 5.32 Å². The number of amides is 1. The molecule has 3 aromatic rings. The summed E-state index contributed by atoms with van der Waals surface area (Å²) >= 11 is 0. The van der Waals surface area contributed by atoms with E-state index < -0.39 is 0 Å². The second-order valence-corrected chi connectivity index (χ2v) is 5.20. The van der Waals surface area contributed by atoms with E-state index in [1.807, 2.05) is 55.5 Å². The van der Waals surface area contributed by atoms with E-state index in [4.69, 9.17) is 0 Å². The molecule has 2 aromatic heterocycles. The van der Waals surface area contributed by atoms with Crippen molar-refractivity contribution in [3.05, 3.63) is 60.9 Å². The predicted molar refractivity (Wildman–Crippen MR) is 90.3 cm³/mol. The molecule has 0 fully saturated rings. The SMILES string of the molecule is CCCC(=O)Nc1cc(-c2cccnc2)nn1-c1ccccc1. The molecular formula is C18H18N4O. The number of benzene rings is 1. The maximum absolute atomic E-state index is 12.0. The third-order valence-corrected chi connectivity index (χ3v) is 3.41. The normalized spacial score (nSPS) is 10.5. The zero-order valence-corrected chi connectivity index (χ0v) is 12.9. The summed E-state index contributed by atoms with van der Waals surface area (Å²) in [6.45, 7) is 1.98. The summed E-state index contributed by atoms with van der Waals surface area (Å²) in [6.07, 6.45) is 4.78. The first-order chi connectivity index (χ1) is 11.3. The topological polar surface area (TPSA) is 59.8 Å². The van der Waals surface area contributed by atoms with E-state index in [-0.39, 0.29) is 5.91 Å². The fraction of sp³-hybridized carbons (Fsp3) is 0.167. The Kier molecular flexibility index (Phi) is 4.47. The Bertz CT molecular complexity index is 781. The monoisotopic (exact) mass is 306 g/mol. The number of carbonyl (C=O) groups is 1. The Morgan fingerprint density at radius 1 is 1.17 bits per heavy atom. The number of rotatable bonds is 5. The number of carbonyl (C=O) groups excluding carboxylic acids is 1. The van der Waals surface area contributed by atoms with E-state index in [0.717, 1.165) is 23.4 Å². The van der Waals surface area contributed by atoms with Crippen molar-refractivity contribution in [3.8, 4) is 16.9 Å². The summed E-state index contributed by atoms with van der Waals surface area (Å²) in [5.74, 6) is 0.649. The molecule has 1 aromatic carbocycles. The lowest BCUT2D eigenvalue weighted by molar-refractivity contribution is -0.116. The number of aromatic nitrogens is 3. The van der Waals surface area contributed by atoms with Gasteiger partial charge < -0.3 is 5.32 Å². The van der Waals surface area contributed by atoms with Gasteiger partial charge >= 0.3 is 0 Å². The highest BCUT2D eigenvalue weighted by molar-refractivity contribution is 5.90. The molecule has 5 nitrogen and oxygen atoms in total. The number of hydrogen-bond donors (Lipinski definition) is 1. The Balaban J connectivity index is 2.02. The number of hydrogen-bond acceptors (Lipinski definition) is 3. The Morgan fingerprint density at radius 3 is 2.70 bits per heavy atom. The molecule has 3 rings (SSSR count). The second-order valence-electron chi connectivity index (χ2n) is 5.20. The van der Waals surface area contributed by atoms with Crippen molar-refractivity contribution in [2.45, 2.75) is 19.8 Å². The van der Waals surface area contributed by atoms with Crippen LogP contribution in [0.4, 0.5) is 5.82 Å². The largest absolute Gasteiger partial charge is 0.311 e. The summed E-state index contributed by atoms with van der Waals surface area (Å²) in [5.41, 5.74) is 2.58. The standard InChI is InChI=1S/C18H18N4O/c1-2-7-18(23)20-17-12-16(14-8-6-11-19-13-14)21-22(17)15-9-4-3-5-10-15/h3-6,8-13H,2,7H2,1H3,(H,20,23). The second kappa shape index (κ2) is 6.87. The van der Waals surface area contributed by atoms with Crippen molar-refractivity contribution in [2.75, 3.05) is 5.32 Å².